The number of benzene rings is 1. The van der Waals surface area contributed by atoms with Gasteiger partial charge in [0, 0.05) is 12.5 Å². The summed E-state index contributed by atoms with van der Waals surface area (Å²) >= 11 is 0. The molecule has 0 aliphatic carbocycles. The Hall–Kier alpha value is -1.88. The van der Waals surface area contributed by atoms with Crippen LogP contribution in [0.25, 0.3) is 0 Å². The number of aliphatic hydroxyl groups is 1. The molecule has 0 bridgehead atoms. The Labute approximate surface area is 125 Å². The number of amides is 1. The van der Waals surface area contributed by atoms with Gasteiger partial charge in [0.05, 0.1) is 12.6 Å². The first kappa shape index (κ1) is 17.2. The molecule has 1 rings (SSSR count). The van der Waals surface area contributed by atoms with E-state index in [2.05, 4.69) is 5.32 Å². The van der Waals surface area contributed by atoms with E-state index in [9.17, 15) is 14.7 Å². The predicted molar refractivity (Wildman–Crippen MR) is 79.4 cm³/mol. The molecule has 21 heavy (non-hydrogen) atoms. The molecule has 0 aliphatic heterocycles. The highest BCUT2D eigenvalue weighted by atomic mass is 16.5. The van der Waals surface area contributed by atoms with Crippen LogP contribution < -0.4 is 5.32 Å². The number of ether oxygens (including phenoxy) is 1. The Morgan fingerprint density at radius 3 is 2.24 bits per heavy atom. The first-order valence-corrected chi connectivity index (χ1v) is 6.89. The maximum absolute atomic E-state index is 12.4. The van der Waals surface area contributed by atoms with Crippen LogP contribution in [-0.4, -0.2) is 29.6 Å². The van der Waals surface area contributed by atoms with E-state index < -0.39 is 24.0 Å². The highest BCUT2D eigenvalue weighted by molar-refractivity contribution is 5.84. The number of carbonyl (C=O) groups is 2. The Balaban J connectivity index is 2.94. The molecular formula is C16H23NO4. The van der Waals surface area contributed by atoms with E-state index in [-0.39, 0.29) is 12.0 Å². The second-order valence-electron chi connectivity index (χ2n) is 6.01. The minimum absolute atomic E-state index is 0.184. The van der Waals surface area contributed by atoms with Crippen molar-refractivity contribution >= 4 is 11.9 Å². The predicted octanol–water partition coefficient (Wildman–Crippen LogP) is 1.81. The van der Waals surface area contributed by atoms with E-state index in [1.807, 2.05) is 26.8 Å². The molecule has 0 radical (unpaired) electrons. The second kappa shape index (κ2) is 7.22. The molecule has 1 aromatic carbocycles. The van der Waals surface area contributed by atoms with Crippen LogP contribution in [0.1, 0.15) is 39.4 Å². The van der Waals surface area contributed by atoms with Gasteiger partial charge in [0.2, 0.25) is 6.10 Å². The van der Waals surface area contributed by atoms with Gasteiger partial charge >= 0.3 is 5.97 Å². The highest BCUT2D eigenvalue weighted by Gasteiger charge is 2.30. The van der Waals surface area contributed by atoms with E-state index >= 15 is 0 Å². The molecule has 0 aliphatic rings. The lowest BCUT2D eigenvalue weighted by atomic mass is 9.87. The smallest absolute Gasteiger partial charge is 0.303 e. The molecule has 0 heterocycles. The molecule has 0 saturated heterocycles. The molecule has 1 amide bonds. The van der Waals surface area contributed by atoms with Crippen molar-refractivity contribution < 1.29 is 19.4 Å². The van der Waals surface area contributed by atoms with Crippen molar-refractivity contribution in [1.29, 1.82) is 0 Å². The molecule has 1 aromatic rings. The average Bonchev–Trinajstić information content (AvgIpc) is 2.41. The number of esters is 1. The zero-order chi connectivity index (χ0) is 16.0. The zero-order valence-corrected chi connectivity index (χ0v) is 12.9. The molecule has 0 unspecified atom stereocenters. The van der Waals surface area contributed by atoms with Crippen molar-refractivity contribution in [2.24, 2.45) is 5.41 Å². The molecule has 2 atom stereocenters. The minimum Gasteiger partial charge on any atom is -0.447 e. The average molecular weight is 293 g/mol. The van der Waals surface area contributed by atoms with E-state index in [0.717, 1.165) is 0 Å². The normalized spacial score (nSPS) is 14.1. The van der Waals surface area contributed by atoms with Gasteiger partial charge in [-0.15, -0.1) is 0 Å². The topological polar surface area (TPSA) is 75.6 Å². The van der Waals surface area contributed by atoms with E-state index in [1.54, 1.807) is 24.3 Å². The summed E-state index contributed by atoms with van der Waals surface area (Å²) in [4.78, 5) is 23.6. The van der Waals surface area contributed by atoms with Crippen LogP contribution in [-0.2, 0) is 14.3 Å². The largest absolute Gasteiger partial charge is 0.447 e. The van der Waals surface area contributed by atoms with Gasteiger partial charge in [-0.3, -0.25) is 9.59 Å². The van der Waals surface area contributed by atoms with Crippen molar-refractivity contribution in [3.8, 4) is 0 Å². The monoisotopic (exact) mass is 293 g/mol. The third-order valence-corrected chi connectivity index (χ3v) is 3.17. The van der Waals surface area contributed by atoms with Crippen LogP contribution in [0, 0.1) is 5.41 Å². The minimum atomic E-state index is -1.01. The van der Waals surface area contributed by atoms with E-state index in [4.69, 9.17) is 4.74 Å². The summed E-state index contributed by atoms with van der Waals surface area (Å²) in [5.74, 6) is -0.972. The molecule has 0 saturated carbocycles. The Morgan fingerprint density at radius 2 is 1.81 bits per heavy atom. The molecule has 116 valence electrons. The number of aliphatic hydroxyl groups excluding tert-OH is 1. The van der Waals surface area contributed by atoms with E-state index in [1.165, 1.54) is 6.92 Å². The second-order valence-corrected chi connectivity index (χ2v) is 6.01. The van der Waals surface area contributed by atoms with Gasteiger partial charge in [-0.2, -0.15) is 0 Å². The molecule has 5 nitrogen and oxygen atoms in total. The van der Waals surface area contributed by atoms with Gasteiger partial charge in [-0.05, 0) is 5.41 Å². The fourth-order valence-corrected chi connectivity index (χ4v) is 1.85. The molecule has 0 aromatic heterocycles. The lowest BCUT2D eigenvalue weighted by Crippen LogP contribution is -2.48. The lowest BCUT2D eigenvalue weighted by molar-refractivity contribution is -0.155. The molecule has 0 spiro atoms. The highest BCUT2D eigenvalue weighted by Crippen LogP contribution is 2.22. The van der Waals surface area contributed by atoms with Gasteiger partial charge in [0.15, 0.2) is 0 Å². The van der Waals surface area contributed by atoms with Gasteiger partial charge in [-0.1, -0.05) is 51.1 Å². The Bertz CT molecular complexity index is 479. The summed E-state index contributed by atoms with van der Waals surface area (Å²) in [6, 6.07) is 8.37. The first-order chi connectivity index (χ1) is 9.75. The van der Waals surface area contributed by atoms with Gasteiger partial charge in [0.25, 0.3) is 5.91 Å². The maximum Gasteiger partial charge on any atom is 0.303 e. The lowest BCUT2D eigenvalue weighted by Gasteiger charge is -2.31. The first-order valence-electron chi connectivity index (χ1n) is 6.89. The van der Waals surface area contributed by atoms with Crippen LogP contribution in [0.5, 0.6) is 0 Å². The summed E-state index contributed by atoms with van der Waals surface area (Å²) in [5, 5.41) is 12.2. The Kier molecular flexibility index (Phi) is 5.90. The van der Waals surface area contributed by atoms with Crippen LogP contribution in [0.15, 0.2) is 30.3 Å². The number of rotatable bonds is 5. The molecule has 2 N–H and O–H groups in total. The number of hydrogen-bond donors (Lipinski definition) is 2. The van der Waals surface area contributed by atoms with Crippen LogP contribution in [0.3, 0.4) is 0 Å². The third kappa shape index (κ3) is 5.19. The van der Waals surface area contributed by atoms with Crippen molar-refractivity contribution in [3.05, 3.63) is 35.9 Å². The summed E-state index contributed by atoms with van der Waals surface area (Å²) in [5.41, 5.74) is 0.290. The SMILES string of the molecule is CC(=O)O[C@@H](C(=O)N[C@H](CO)C(C)(C)C)c1ccccc1. The fourth-order valence-electron chi connectivity index (χ4n) is 1.85. The van der Waals surface area contributed by atoms with Gasteiger partial charge in [0.1, 0.15) is 0 Å². The zero-order valence-electron chi connectivity index (χ0n) is 12.9. The molecule has 5 heteroatoms. The van der Waals surface area contributed by atoms with Gasteiger partial charge in [-0.25, -0.2) is 0 Å². The summed E-state index contributed by atoms with van der Waals surface area (Å²) in [7, 11) is 0. The van der Waals surface area contributed by atoms with E-state index in [0.29, 0.717) is 5.56 Å². The van der Waals surface area contributed by atoms with Crippen LogP contribution >= 0.6 is 0 Å². The van der Waals surface area contributed by atoms with Crippen LogP contribution in [0.4, 0.5) is 0 Å². The Morgan fingerprint density at radius 1 is 1.24 bits per heavy atom. The fraction of sp³-hybridized carbons (Fsp3) is 0.500. The van der Waals surface area contributed by atoms with Crippen molar-refractivity contribution in [2.75, 3.05) is 6.61 Å². The van der Waals surface area contributed by atoms with Crippen molar-refractivity contribution in [1.82, 2.24) is 5.32 Å². The maximum atomic E-state index is 12.4. The van der Waals surface area contributed by atoms with Crippen molar-refractivity contribution in [3.63, 3.8) is 0 Å². The standard InChI is InChI=1S/C16H23NO4/c1-11(19)21-14(12-8-6-5-7-9-12)15(20)17-13(10-18)16(2,3)4/h5-9,13-14,18H,10H2,1-4H3,(H,17,20)/t13-,14-/m1/s1. The van der Waals surface area contributed by atoms with Crippen molar-refractivity contribution in [2.45, 2.75) is 39.8 Å². The molecule has 0 fully saturated rings. The number of hydrogen-bond acceptors (Lipinski definition) is 4. The summed E-state index contributed by atoms with van der Waals surface area (Å²) in [6.07, 6.45) is -1.01. The van der Waals surface area contributed by atoms with Gasteiger partial charge < -0.3 is 15.2 Å². The molecular weight excluding hydrogens is 270 g/mol. The number of carbonyl (C=O) groups excluding carboxylic acids is 2. The quantitative estimate of drug-likeness (QED) is 0.812. The van der Waals surface area contributed by atoms with Crippen LogP contribution in [0.2, 0.25) is 0 Å². The number of nitrogens with one attached hydrogen (secondary N) is 1. The third-order valence-electron chi connectivity index (χ3n) is 3.17. The summed E-state index contributed by atoms with van der Waals surface area (Å²) < 4.78 is 5.12. The summed E-state index contributed by atoms with van der Waals surface area (Å²) in [6.45, 7) is 6.82.